The number of carbonyl (C=O) groups is 3. The van der Waals surface area contributed by atoms with Crippen LogP contribution in [0.1, 0.15) is 83.3 Å². The fourth-order valence-electron chi connectivity index (χ4n) is 8.58. The zero-order valence-corrected chi connectivity index (χ0v) is 35.7. The molecule has 0 aromatic heterocycles. The Kier molecular flexibility index (Phi) is 13.2. The molecule has 306 valence electrons. The maximum atomic E-state index is 14.2. The van der Waals surface area contributed by atoms with Crippen LogP contribution in [0.25, 0.3) is 0 Å². The van der Waals surface area contributed by atoms with Crippen molar-refractivity contribution in [2.24, 2.45) is 16.6 Å². The Hall–Kier alpha value is -3.77. The third-order valence-corrected chi connectivity index (χ3v) is 11.6. The minimum atomic E-state index is -0.795. The maximum absolute atomic E-state index is 14.2. The molecule has 0 bridgehead atoms. The molecule has 2 aliphatic heterocycles. The average Bonchev–Trinajstić information content (AvgIpc) is 3.11. The Labute approximate surface area is 347 Å². The molecular formula is C45H56Cl2N4O6. The second-order valence-electron chi connectivity index (χ2n) is 17.2. The number of carbonyl (C=O) groups excluding carboxylic acids is 3. The summed E-state index contributed by atoms with van der Waals surface area (Å²) >= 11 is 14.2. The van der Waals surface area contributed by atoms with Gasteiger partial charge in [0, 0.05) is 81.7 Å². The smallest absolute Gasteiger partial charge is 0.336 e. The lowest BCUT2D eigenvalue weighted by Crippen LogP contribution is -2.40. The molecule has 57 heavy (non-hydrogen) atoms. The summed E-state index contributed by atoms with van der Waals surface area (Å²) in [6.45, 7) is 12.5. The Morgan fingerprint density at radius 1 is 0.895 bits per heavy atom. The molecule has 0 radical (unpaired) electrons. The van der Waals surface area contributed by atoms with Crippen LogP contribution in [0.2, 0.25) is 10.0 Å². The van der Waals surface area contributed by atoms with Crippen molar-refractivity contribution in [1.82, 2.24) is 10.2 Å². The van der Waals surface area contributed by atoms with Crippen molar-refractivity contribution in [2.75, 3.05) is 65.1 Å². The first-order valence-electron chi connectivity index (χ1n) is 19.8. The average molecular weight is 820 g/mol. The molecule has 2 unspecified atom stereocenters. The summed E-state index contributed by atoms with van der Waals surface area (Å²) in [5.41, 5.74) is 11.9. The van der Waals surface area contributed by atoms with Crippen molar-refractivity contribution in [2.45, 2.75) is 72.1 Å². The van der Waals surface area contributed by atoms with Crippen molar-refractivity contribution in [3.05, 3.63) is 109 Å². The van der Waals surface area contributed by atoms with Crippen LogP contribution in [0.3, 0.4) is 0 Å². The highest BCUT2D eigenvalue weighted by Gasteiger charge is 2.46. The molecular weight excluding hydrogens is 763 g/mol. The highest BCUT2D eigenvalue weighted by molar-refractivity contribution is 6.32. The van der Waals surface area contributed by atoms with Gasteiger partial charge in [-0.2, -0.15) is 0 Å². The molecule has 0 saturated heterocycles. The van der Waals surface area contributed by atoms with Crippen LogP contribution in [-0.4, -0.2) is 82.7 Å². The molecule has 2 aromatic rings. The number of nitrogens with two attached hydrogens (primary N) is 1. The van der Waals surface area contributed by atoms with Gasteiger partial charge in [0.1, 0.15) is 0 Å². The third-order valence-electron chi connectivity index (χ3n) is 11.0. The van der Waals surface area contributed by atoms with Crippen LogP contribution >= 0.6 is 23.2 Å². The van der Waals surface area contributed by atoms with Gasteiger partial charge >= 0.3 is 5.97 Å². The molecule has 2 aliphatic carbocycles. The van der Waals surface area contributed by atoms with E-state index >= 15 is 0 Å². The minimum Gasteiger partial charge on any atom is -0.463 e. The highest BCUT2D eigenvalue weighted by atomic mass is 35.5. The van der Waals surface area contributed by atoms with Gasteiger partial charge < -0.3 is 35.1 Å². The first-order chi connectivity index (χ1) is 27.1. The SMILES string of the molecule is CCOC(=O)C1=C(COCCN(C)C)NC2=C(C(=O)CC(C)(C)C2)C1c1ccc(N2C(COCCN)=CC(c3ccccc3Cl)C3=C2CC(C)(C)CC3=O)cc1Cl. The molecule has 2 atom stereocenters. The molecule has 0 saturated carbocycles. The fourth-order valence-corrected chi connectivity index (χ4v) is 9.12. The van der Waals surface area contributed by atoms with E-state index in [9.17, 15) is 14.4 Å². The van der Waals surface area contributed by atoms with Crippen molar-refractivity contribution < 1.29 is 28.6 Å². The summed E-state index contributed by atoms with van der Waals surface area (Å²) in [4.78, 5) is 46.5. The summed E-state index contributed by atoms with van der Waals surface area (Å²) in [6.07, 6.45) is 4.00. The first kappa shape index (κ1) is 42.8. The van der Waals surface area contributed by atoms with E-state index in [2.05, 4.69) is 44.0 Å². The number of nitrogens with one attached hydrogen (secondary N) is 1. The molecule has 0 fully saturated rings. The van der Waals surface area contributed by atoms with E-state index in [1.807, 2.05) is 61.5 Å². The van der Waals surface area contributed by atoms with E-state index < -0.39 is 11.9 Å². The van der Waals surface area contributed by atoms with Crippen LogP contribution in [0.4, 0.5) is 5.69 Å². The molecule has 4 aliphatic rings. The van der Waals surface area contributed by atoms with Crippen LogP contribution in [-0.2, 0) is 28.6 Å². The van der Waals surface area contributed by atoms with E-state index in [1.54, 1.807) is 6.92 Å². The van der Waals surface area contributed by atoms with Crippen molar-refractivity contribution in [3.8, 4) is 0 Å². The van der Waals surface area contributed by atoms with Gasteiger partial charge in [-0.15, -0.1) is 0 Å². The Bertz CT molecular complexity index is 2050. The minimum absolute atomic E-state index is 0.0464. The lowest BCUT2D eigenvalue weighted by molar-refractivity contribution is -0.139. The normalized spacial score (nSPS) is 21.7. The van der Waals surface area contributed by atoms with Gasteiger partial charge in [0.25, 0.3) is 0 Å². The number of nitrogens with zero attached hydrogens (tertiary/aromatic N) is 2. The van der Waals surface area contributed by atoms with Gasteiger partial charge in [0.2, 0.25) is 0 Å². The topological polar surface area (TPSA) is 123 Å². The Morgan fingerprint density at radius 3 is 2.25 bits per heavy atom. The van der Waals surface area contributed by atoms with E-state index in [0.717, 1.165) is 28.3 Å². The standard InChI is InChI=1S/C45H56Cl2N4O6/c1-8-57-43(54)42-35(26-56-18-16-50(6)7)49-34-21-44(2,3)24-38(53)41(34)40(42)30-14-13-27(20-33(30)47)51-28(25-55-17-15-48)19-31(29-11-9-10-12-32(29)46)39-36(51)22-45(4,5)23-37(39)52/h9-14,19-20,31,40,49H,8,15-18,21-26,48H2,1-7H3. The Morgan fingerprint density at radius 2 is 1.58 bits per heavy atom. The molecule has 3 N–H and O–H groups in total. The van der Waals surface area contributed by atoms with Gasteiger partial charge in [-0.05, 0) is 74.0 Å². The largest absolute Gasteiger partial charge is 0.463 e. The summed E-state index contributed by atoms with van der Waals surface area (Å²) in [5, 5.41) is 4.40. The summed E-state index contributed by atoms with van der Waals surface area (Å²) < 4.78 is 17.9. The van der Waals surface area contributed by atoms with Crippen LogP contribution in [0.15, 0.2) is 88.0 Å². The van der Waals surface area contributed by atoms with Crippen molar-refractivity contribution in [3.63, 3.8) is 0 Å². The van der Waals surface area contributed by atoms with Gasteiger partial charge in [0.05, 0.1) is 44.3 Å². The number of allylic oxidation sites excluding steroid dienone is 5. The molecule has 2 heterocycles. The number of ketones is 2. The molecule has 12 heteroatoms. The van der Waals surface area contributed by atoms with E-state index in [-0.39, 0.29) is 48.1 Å². The van der Waals surface area contributed by atoms with Crippen LogP contribution in [0, 0.1) is 10.8 Å². The second-order valence-corrected chi connectivity index (χ2v) is 18.0. The number of anilines is 1. The van der Waals surface area contributed by atoms with E-state index in [0.29, 0.717) is 90.0 Å². The van der Waals surface area contributed by atoms with Gasteiger partial charge in [-0.3, -0.25) is 9.59 Å². The number of Topliss-reactive ketones (excluding diaryl/α,β-unsaturated/α-hetero) is 2. The summed E-state index contributed by atoms with van der Waals surface area (Å²) in [7, 11) is 3.94. The number of halogens is 2. The number of likely N-dealkylation sites (N-methyl/N-ethyl adjacent to an activating group) is 1. The monoisotopic (exact) mass is 818 g/mol. The number of hydrogen-bond acceptors (Lipinski definition) is 10. The van der Waals surface area contributed by atoms with Gasteiger partial charge in [-0.1, -0.05) is 81.2 Å². The fraction of sp³-hybridized carbons (Fsp3) is 0.489. The Balaban J connectivity index is 1.51. The second kappa shape index (κ2) is 17.6. The molecule has 10 nitrogen and oxygen atoms in total. The molecule has 0 amide bonds. The lowest BCUT2D eigenvalue weighted by atomic mass is 9.68. The number of dihydropyridines is 1. The summed E-state index contributed by atoms with van der Waals surface area (Å²) in [6, 6.07) is 13.3. The molecule has 2 aromatic carbocycles. The number of ether oxygens (including phenoxy) is 3. The number of rotatable bonds is 14. The predicted octanol–water partition coefficient (Wildman–Crippen LogP) is 7.83. The zero-order valence-electron chi connectivity index (χ0n) is 34.2. The van der Waals surface area contributed by atoms with Crippen LogP contribution < -0.4 is 16.0 Å². The number of benzene rings is 2. The summed E-state index contributed by atoms with van der Waals surface area (Å²) in [5.74, 6) is -1.69. The van der Waals surface area contributed by atoms with Gasteiger partial charge in [-0.25, -0.2) is 4.79 Å². The first-order valence-corrected chi connectivity index (χ1v) is 20.6. The van der Waals surface area contributed by atoms with E-state index in [4.69, 9.17) is 43.1 Å². The van der Waals surface area contributed by atoms with E-state index in [1.165, 1.54) is 0 Å². The van der Waals surface area contributed by atoms with Crippen LogP contribution in [0.5, 0.6) is 0 Å². The predicted molar refractivity (Wildman–Crippen MR) is 225 cm³/mol. The lowest BCUT2D eigenvalue weighted by Gasteiger charge is -2.44. The quantitative estimate of drug-likeness (QED) is 0.144. The number of hydrogen-bond donors (Lipinski definition) is 2. The highest BCUT2D eigenvalue weighted by Crippen LogP contribution is 2.52. The molecule has 6 rings (SSSR count). The third kappa shape index (κ3) is 9.27. The molecule has 0 spiro atoms. The zero-order chi connectivity index (χ0) is 41.2. The maximum Gasteiger partial charge on any atom is 0.336 e. The van der Waals surface area contributed by atoms with Gasteiger partial charge in [0.15, 0.2) is 11.6 Å². The van der Waals surface area contributed by atoms with Crippen molar-refractivity contribution in [1.29, 1.82) is 0 Å². The van der Waals surface area contributed by atoms with Crippen molar-refractivity contribution >= 4 is 46.4 Å². The number of esters is 1.